The lowest BCUT2D eigenvalue weighted by Crippen LogP contribution is -2.09. The molecule has 0 aliphatic carbocycles. The third kappa shape index (κ3) is 3.41. The summed E-state index contributed by atoms with van der Waals surface area (Å²) in [6.07, 6.45) is 1.71. The number of nitrogens with zero attached hydrogens (tertiary/aromatic N) is 4. The number of hydrogen-bond acceptors (Lipinski definition) is 7. The van der Waals surface area contributed by atoms with Crippen molar-refractivity contribution in [1.29, 1.82) is 0 Å². The summed E-state index contributed by atoms with van der Waals surface area (Å²) in [5.41, 5.74) is 0. The fraction of sp³-hybridized carbons (Fsp3) is 0.455. The van der Waals surface area contributed by atoms with Crippen molar-refractivity contribution in [2.75, 3.05) is 5.32 Å². The Morgan fingerprint density at radius 1 is 1.39 bits per heavy atom. The zero-order valence-electron chi connectivity index (χ0n) is 10.5. The molecule has 18 heavy (non-hydrogen) atoms. The van der Waals surface area contributed by atoms with Crippen molar-refractivity contribution in [1.82, 2.24) is 20.1 Å². The van der Waals surface area contributed by atoms with E-state index >= 15 is 0 Å². The van der Waals surface area contributed by atoms with Gasteiger partial charge in [0.15, 0.2) is 5.82 Å². The highest BCUT2D eigenvalue weighted by atomic mass is 16.5. The predicted octanol–water partition coefficient (Wildman–Crippen LogP) is 1.57. The predicted molar refractivity (Wildman–Crippen MR) is 64.2 cm³/mol. The molecule has 7 heteroatoms. The Balaban J connectivity index is 1.96. The molecule has 0 aromatic carbocycles. The van der Waals surface area contributed by atoms with Crippen molar-refractivity contribution in [3.8, 4) is 5.88 Å². The van der Waals surface area contributed by atoms with Gasteiger partial charge in [0.1, 0.15) is 0 Å². The first-order valence-corrected chi connectivity index (χ1v) is 5.66. The molecule has 0 aliphatic heterocycles. The molecule has 0 saturated heterocycles. The zero-order chi connectivity index (χ0) is 13.0. The lowest BCUT2D eigenvalue weighted by Gasteiger charge is -2.09. The van der Waals surface area contributed by atoms with Crippen molar-refractivity contribution in [3.63, 3.8) is 0 Å². The fourth-order valence-electron chi connectivity index (χ4n) is 1.31. The summed E-state index contributed by atoms with van der Waals surface area (Å²) < 4.78 is 10.3. The molecule has 96 valence electrons. The second-order valence-corrected chi connectivity index (χ2v) is 3.97. The molecule has 0 fully saturated rings. The van der Waals surface area contributed by atoms with Gasteiger partial charge in [-0.2, -0.15) is 9.97 Å². The molecular weight excluding hydrogens is 234 g/mol. The van der Waals surface area contributed by atoms with Gasteiger partial charge in [0.2, 0.25) is 17.7 Å². The molecule has 2 aromatic rings. The minimum atomic E-state index is 0.0765. The van der Waals surface area contributed by atoms with Gasteiger partial charge < -0.3 is 14.6 Å². The molecule has 2 rings (SSSR count). The van der Waals surface area contributed by atoms with Crippen LogP contribution in [0.3, 0.4) is 0 Å². The van der Waals surface area contributed by atoms with Gasteiger partial charge in [-0.15, -0.1) is 0 Å². The van der Waals surface area contributed by atoms with E-state index in [0.717, 1.165) is 0 Å². The first-order valence-electron chi connectivity index (χ1n) is 5.66. The normalized spacial score (nSPS) is 10.7. The highest BCUT2D eigenvalue weighted by Gasteiger charge is 2.05. The van der Waals surface area contributed by atoms with E-state index in [1.54, 1.807) is 19.2 Å². The van der Waals surface area contributed by atoms with Crippen LogP contribution in [0.1, 0.15) is 25.6 Å². The lowest BCUT2D eigenvalue weighted by molar-refractivity contribution is 0.232. The summed E-state index contributed by atoms with van der Waals surface area (Å²) in [6.45, 7) is 6.03. The average Bonchev–Trinajstić information content (AvgIpc) is 2.72. The standard InChI is InChI=1S/C11H15N5O2/c1-7(2)17-10-4-5-12-11(15-10)13-6-9-14-8(3)18-16-9/h4-5,7H,6H2,1-3H3,(H,12,13,15). The van der Waals surface area contributed by atoms with Gasteiger partial charge in [-0.3, -0.25) is 0 Å². The van der Waals surface area contributed by atoms with Crippen molar-refractivity contribution < 1.29 is 9.26 Å². The smallest absolute Gasteiger partial charge is 0.226 e. The summed E-state index contributed by atoms with van der Waals surface area (Å²) in [5.74, 6) is 2.10. The highest BCUT2D eigenvalue weighted by Crippen LogP contribution is 2.10. The van der Waals surface area contributed by atoms with E-state index in [1.165, 1.54) is 0 Å². The lowest BCUT2D eigenvalue weighted by atomic mass is 10.5. The van der Waals surface area contributed by atoms with Crippen molar-refractivity contribution in [2.45, 2.75) is 33.4 Å². The molecule has 2 heterocycles. The molecule has 0 bridgehead atoms. The molecule has 1 N–H and O–H groups in total. The maximum atomic E-state index is 5.47. The number of aryl methyl sites for hydroxylation is 1. The summed E-state index contributed by atoms with van der Waals surface area (Å²) in [7, 11) is 0. The van der Waals surface area contributed by atoms with E-state index in [1.807, 2.05) is 13.8 Å². The maximum Gasteiger partial charge on any atom is 0.226 e. The van der Waals surface area contributed by atoms with Gasteiger partial charge in [-0.05, 0) is 13.8 Å². The van der Waals surface area contributed by atoms with Crippen molar-refractivity contribution >= 4 is 5.95 Å². The number of nitrogens with one attached hydrogen (secondary N) is 1. The molecule has 0 amide bonds. The minimum absolute atomic E-state index is 0.0765. The van der Waals surface area contributed by atoms with Gasteiger partial charge in [-0.1, -0.05) is 5.16 Å². The second kappa shape index (κ2) is 5.44. The Kier molecular flexibility index (Phi) is 3.71. The molecular formula is C11H15N5O2. The first-order chi connectivity index (χ1) is 8.63. The number of rotatable bonds is 5. The van der Waals surface area contributed by atoms with Crippen molar-refractivity contribution in [3.05, 3.63) is 24.0 Å². The quantitative estimate of drug-likeness (QED) is 0.860. The Morgan fingerprint density at radius 3 is 2.89 bits per heavy atom. The van der Waals surface area contributed by atoms with Gasteiger partial charge in [0, 0.05) is 19.2 Å². The third-order valence-corrected chi connectivity index (χ3v) is 1.96. The first kappa shape index (κ1) is 12.3. The van der Waals surface area contributed by atoms with Gasteiger partial charge in [-0.25, -0.2) is 4.98 Å². The van der Waals surface area contributed by atoms with Crippen LogP contribution in [0.2, 0.25) is 0 Å². The van der Waals surface area contributed by atoms with Crippen LogP contribution in [0.5, 0.6) is 5.88 Å². The topological polar surface area (TPSA) is 86.0 Å². The summed E-state index contributed by atoms with van der Waals surface area (Å²) in [4.78, 5) is 12.4. The summed E-state index contributed by atoms with van der Waals surface area (Å²) in [5, 5.41) is 6.77. The Morgan fingerprint density at radius 2 is 2.22 bits per heavy atom. The monoisotopic (exact) mass is 249 g/mol. The maximum absolute atomic E-state index is 5.47. The molecule has 2 aromatic heterocycles. The van der Waals surface area contributed by atoms with Crippen LogP contribution >= 0.6 is 0 Å². The average molecular weight is 249 g/mol. The van der Waals surface area contributed by atoms with E-state index in [0.29, 0.717) is 30.1 Å². The minimum Gasteiger partial charge on any atom is -0.475 e. The van der Waals surface area contributed by atoms with Gasteiger partial charge >= 0.3 is 0 Å². The number of ether oxygens (including phenoxy) is 1. The molecule has 7 nitrogen and oxygen atoms in total. The largest absolute Gasteiger partial charge is 0.475 e. The SMILES string of the molecule is Cc1nc(CNc2nccc(OC(C)C)n2)no1. The highest BCUT2D eigenvalue weighted by molar-refractivity contribution is 5.27. The van der Waals surface area contributed by atoms with E-state index in [4.69, 9.17) is 9.26 Å². The molecule has 0 radical (unpaired) electrons. The van der Waals surface area contributed by atoms with Gasteiger partial charge in [0.25, 0.3) is 0 Å². The molecule has 0 spiro atoms. The van der Waals surface area contributed by atoms with Crippen LogP contribution in [0.4, 0.5) is 5.95 Å². The van der Waals surface area contributed by atoms with Crippen LogP contribution in [0.25, 0.3) is 0 Å². The van der Waals surface area contributed by atoms with E-state index in [-0.39, 0.29) is 6.10 Å². The fourth-order valence-corrected chi connectivity index (χ4v) is 1.31. The Hall–Kier alpha value is -2.18. The Bertz CT molecular complexity index is 512. The van der Waals surface area contributed by atoms with E-state index in [2.05, 4.69) is 25.4 Å². The number of hydrogen-bond donors (Lipinski definition) is 1. The van der Waals surface area contributed by atoms with E-state index in [9.17, 15) is 0 Å². The third-order valence-electron chi connectivity index (χ3n) is 1.96. The van der Waals surface area contributed by atoms with Crippen LogP contribution in [0, 0.1) is 6.92 Å². The van der Waals surface area contributed by atoms with Gasteiger partial charge in [0.05, 0.1) is 12.6 Å². The summed E-state index contributed by atoms with van der Waals surface area (Å²) >= 11 is 0. The molecule has 0 atom stereocenters. The number of aromatic nitrogens is 4. The van der Waals surface area contributed by atoms with Crippen LogP contribution in [0.15, 0.2) is 16.8 Å². The van der Waals surface area contributed by atoms with E-state index < -0.39 is 0 Å². The van der Waals surface area contributed by atoms with Crippen LogP contribution in [-0.2, 0) is 6.54 Å². The van der Waals surface area contributed by atoms with Crippen LogP contribution in [-0.4, -0.2) is 26.2 Å². The summed E-state index contributed by atoms with van der Waals surface area (Å²) in [6, 6.07) is 1.71. The molecule has 0 saturated carbocycles. The number of anilines is 1. The molecule has 0 aliphatic rings. The molecule has 0 unspecified atom stereocenters. The van der Waals surface area contributed by atoms with Crippen LogP contribution < -0.4 is 10.1 Å². The Labute approximate surface area is 105 Å². The zero-order valence-corrected chi connectivity index (χ0v) is 10.5. The second-order valence-electron chi connectivity index (χ2n) is 3.97. The van der Waals surface area contributed by atoms with Crippen molar-refractivity contribution in [2.24, 2.45) is 0 Å².